The van der Waals surface area contributed by atoms with Gasteiger partial charge >= 0.3 is 7.12 Å². The number of fused-ring (bicyclic) bond motifs is 1. The van der Waals surface area contributed by atoms with Gasteiger partial charge in [-0.05, 0) is 63.3 Å². The van der Waals surface area contributed by atoms with E-state index in [2.05, 4.69) is 57.3 Å². The zero-order valence-corrected chi connectivity index (χ0v) is 15.9. The fourth-order valence-corrected chi connectivity index (χ4v) is 3.33. The molecule has 0 unspecified atom stereocenters. The average molecular weight is 341 g/mol. The topological polar surface area (TPSA) is 47.6 Å². The lowest BCUT2D eigenvalue weighted by atomic mass is 9.76. The number of ketones is 1. The van der Waals surface area contributed by atoms with Gasteiger partial charge < -0.3 is 14.6 Å². The molecule has 25 heavy (non-hydrogen) atoms. The molecule has 1 fully saturated rings. The monoisotopic (exact) mass is 341 g/mol. The van der Waals surface area contributed by atoms with Crippen molar-refractivity contribution < 1.29 is 14.1 Å². The Morgan fingerprint density at radius 3 is 2.48 bits per heavy atom. The summed E-state index contributed by atoms with van der Waals surface area (Å²) in [6.45, 7) is 8.98. The number of Topliss-reactive ketones (excluding diaryl/α,β-unsaturated/α-hetero) is 1. The molecule has 1 aromatic carbocycles. The van der Waals surface area contributed by atoms with E-state index in [0.717, 1.165) is 17.5 Å². The van der Waals surface area contributed by atoms with E-state index in [1.165, 1.54) is 11.1 Å². The van der Waals surface area contributed by atoms with E-state index in [1.807, 2.05) is 7.05 Å². The summed E-state index contributed by atoms with van der Waals surface area (Å²) in [5.41, 5.74) is 3.97. The highest BCUT2D eigenvalue weighted by Gasteiger charge is 2.52. The van der Waals surface area contributed by atoms with E-state index in [4.69, 9.17) is 9.31 Å². The molecule has 4 nitrogen and oxygen atoms in total. The molecule has 1 N–H and O–H groups in total. The maximum atomic E-state index is 11.6. The standard InChI is InChI=1S/C20H28BNO3/c1-19(2)20(3,4)25-21(24-19)17(13-22-5)11-14-6-7-16-12-18(23)9-8-15(16)10-14/h6-7,10-11,22H,8-9,12-13H2,1-5H3. The van der Waals surface area contributed by atoms with E-state index >= 15 is 0 Å². The summed E-state index contributed by atoms with van der Waals surface area (Å²) in [6, 6.07) is 6.36. The number of likely N-dealkylation sites (N-methyl/N-ethyl adjacent to an activating group) is 1. The number of hydrogen-bond donors (Lipinski definition) is 1. The van der Waals surface area contributed by atoms with Gasteiger partial charge in [-0.2, -0.15) is 0 Å². The maximum Gasteiger partial charge on any atom is 0.491 e. The van der Waals surface area contributed by atoms with Crippen LogP contribution in [0.5, 0.6) is 0 Å². The third kappa shape index (κ3) is 3.74. The zero-order chi connectivity index (χ0) is 18.2. The second-order valence-corrected chi connectivity index (χ2v) is 8.08. The minimum absolute atomic E-state index is 0.337. The Kier molecular flexibility index (Phi) is 4.93. The number of benzene rings is 1. The molecular weight excluding hydrogens is 313 g/mol. The van der Waals surface area contributed by atoms with Crippen molar-refractivity contribution in [2.75, 3.05) is 13.6 Å². The number of carbonyl (C=O) groups is 1. The van der Waals surface area contributed by atoms with E-state index in [-0.39, 0.29) is 18.3 Å². The summed E-state index contributed by atoms with van der Waals surface area (Å²) >= 11 is 0. The summed E-state index contributed by atoms with van der Waals surface area (Å²) < 4.78 is 12.4. The third-order valence-corrected chi connectivity index (χ3v) is 5.58. The fraction of sp³-hybridized carbons (Fsp3) is 0.550. The van der Waals surface area contributed by atoms with E-state index in [9.17, 15) is 4.79 Å². The molecular formula is C20H28BNO3. The van der Waals surface area contributed by atoms with Crippen molar-refractivity contribution in [1.29, 1.82) is 0 Å². The molecule has 0 amide bonds. The maximum absolute atomic E-state index is 11.6. The molecule has 2 aliphatic rings. The molecule has 1 heterocycles. The third-order valence-electron chi connectivity index (χ3n) is 5.58. The van der Waals surface area contributed by atoms with Crippen LogP contribution in [-0.2, 0) is 26.9 Å². The van der Waals surface area contributed by atoms with Crippen LogP contribution < -0.4 is 5.32 Å². The lowest BCUT2D eigenvalue weighted by Gasteiger charge is -2.32. The number of rotatable bonds is 4. The van der Waals surface area contributed by atoms with Gasteiger partial charge in [0, 0.05) is 19.4 Å². The van der Waals surface area contributed by atoms with Gasteiger partial charge in [-0.3, -0.25) is 4.79 Å². The highest BCUT2D eigenvalue weighted by atomic mass is 16.7. The number of hydrogen-bond acceptors (Lipinski definition) is 4. The van der Waals surface area contributed by atoms with Crippen LogP contribution in [0, 0.1) is 0 Å². The second-order valence-electron chi connectivity index (χ2n) is 8.08. The van der Waals surface area contributed by atoms with Gasteiger partial charge in [0.25, 0.3) is 0 Å². The molecule has 0 spiro atoms. The lowest BCUT2D eigenvalue weighted by Crippen LogP contribution is -2.41. The Labute approximate surface area is 151 Å². The first-order valence-corrected chi connectivity index (χ1v) is 9.06. The molecule has 1 aliphatic carbocycles. The molecule has 0 atom stereocenters. The Balaban J connectivity index is 1.87. The molecule has 0 saturated carbocycles. The number of carbonyl (C=O) groups excluding carboxylic acids is 1. The summed E-state index contributed by atoms with van der Waals surface area (Å²) in [4.78, 5) is 11.6. The normalized spacial score (nSPS) is 22.2. The van der Waals surface area contributed by atoms with E-state index in [1.54, 1.807) is 0 Å². The largest absolute Gasteiger partial charge is 0.491 e. The number of nitrogens with one attached hydrogen (secondary N) is 1. The summed E-state index contributed by atoms with van der Waals surface area (Å²) in [6.07, 6.45) is 4.21. The van der Waals surface area contributed by atoms with Gasteiger partial charge in [-0.15, -0.1) is 0 Å². The molecule has 3 rings (SSSR count). The zero-order valence-electron chi connectivity index (χ0n) is 15.9. The molecule has 134 valence electrons. The van der Waals surface area contributed by atoms with Gasteiger partial charge in [-0.25, -0.2) is 0 Å². The first-order valence-electron chi connectivity index (χ1n) is 9.06. The summed E-state index contributed by atoms with van der Waals surface area (Å²) in [5, 5.41) is 3.21. The molecule has 0 bridgehead atoms. The molecule has 0 radical (unpaired) electrons. The molecule has 1 aromatic rings. The van der Waals surface area contributed by atoms with E-state index in [0.29, 0.717) is 25.2 Å². The van der Waals surface area contributed by atoms with E-state index < -0.39 is 0 Å². The minimum atomic E-state index is -0.352. The Bertz CT molecular complexity index is 693. The second kappa shape index (κ2) is 6.71. The van der Waals surface area contributed by atoms with Crippen LogP contribution in [0.2, 0.25) is 0 Å². The Morgan fingerprint density at radius 1 is 1.16 bits per heavy atom. The van der Waals surface area contributed by atoms with Gasteiger partial charge in [0.1, 0.15) is 5.78 Å². The number of aryl methyl sites for hydroxylation is 1. The minimum Gasteiger partial charge on any atom is -0.400 e. The van der Waals surface area contributed by atoms with Crippen molar-refractivity contribution in [3.63, 3.8) is 0 Å². The van der Waals surface area contributed by atoms with Gasteiger partial charge in [0.15, 0.2) is 0 Å². The van der Waals surface area contributed by atoms with Crippen molar-refractivity contribution in [2.24, 2.45) is 0 Å². The van der Waals surface area contributed by atoms with Gasteiger partial charge in [0.2, 0.25) is 0 Å². The van der Waals surface area contributed by atoms with Crippen molar-refractivity contribution >= 4 is 19.0 Å². The van der Waals surface area contributed by atoms with Crippen molar-refractivity contribution in [1.82, 2.24) is 5.32 Å². The highest BCUT2D eigenvalue weighted by molar-refractivity contribution is 6.55. The van der Waals surface area contributed by atoms with Crippen LogP contribution in [0.4, 0.5) is 0 Å². The van der Waals surface area contributed by atoms with Crippen LogP contribution in [0.15, 0.2) is 23.7 Å². The Morgan fingerprint density at radius 2 is 1.84 bits per heavy atom. The summed E-state index contributed by atoms with van der Waals surface area (Å²) in [5.74, 6) is 0.337. The fourth-order valence-electron chi connectivity index (χ4n) is 3.33. The highest BCUT2D eigenvalue weighted by Crippen LogP contribution is 2.38. The van der Waals surface area contributed by atoms with Crippen LogP contribution in [-0.4, -0.2) is 37.7 Å². The van der Waals surface area contributed by atoms with Crippen LogP contribution in [0.3, 0.4) is 0 Å². The van der Waals surface area contributed by atoms with Crippen LogP contribution in [0.1, 0.15) is 50.8 Å². The SMILES string of the molecule is CNCC(=Cc1ccc2c(c1)CCC(=O)C2)B1OC(C)(C)C(C)(C)O1. The summed E-state index contributed by atoms with van der Waals surface area (Å²) in [7, 11) is 1.58. The quantitative estimate of drug-likeness (QED) is 0.856. The van der Waals surface area contributed by atoms with Gasteiger partial charge in [0.05, 0.1) is 11.2 Å². The lowest BCUT2D eigenvalue weighted by molar-refractivity contribution is -0.118. The molecule has 0 aromatic heterocycles. The average Bonchev–Trinajstić information content (AvgIpc) is 2.75. The first-order chi connectivity index (χ1) is 11.7. The Hall–Kier alpha value is -1.43. The van der Waals surface area contributed by atoms with Crippen molar-refractivity contribution in [3.8, 4) is 0 Å². The predicted octanol–water partition coefficient (Wildman–Crippen LogP) is 2.98. The van der Waals surface area contributed by atoms with Crippen molar-refractivity contribution in [3.05, 3.63) is 40.4 Å². The van der Waals surface area contributed by atoms with Crippen LogP contribution in [0.25, 0.3) is 6.08 Å². The first kappa shape index (κ1) is 18.4. The molecule has 5 heteroatoms. The smallest absolute Gasteiger partial charge is 0.400 e. The van der Waals surface area contributed by atoms with Gasteiger partial charge in [-0.1, -0.05) is 24.3 Å². The van der Waals surface area contributed by atoms with Crippen LogP contribution >= 0.6 is 0 Å². The molecule has 1 saturated heterocycles. The molecule has 1 aliphatic heterocycles. The van der Waals surface area contributed by atoms with Crippen molar-refractivity contribution in [2.45, 2.75) is 58.2 Å². The predicted molar refractivity (Wildman–Crippen MR) is 101 cm³/mol.